The minimum atomic E-state index is -0.232. The van der Waals surface area contributed by atoms with Crippen LogP contribution in [0.3, 0.4) is 0 Å². The standard InChI is InChI=1S/C11H16INO2/c1-8(11(14-2)15-3)13-10-6-4-9(12)5-7-10/h4-8,11,13H,1-3H3. The number of benzene rings is 1. The van der Waals surface area contributed by atoms with Gasteiger partial charge in [-0.15, -0.1) is 0 Å². The highest BCUT2D eigenvalue weighted by Gasteiger charge is 2.14. The summed E-state index contributed by atoms with van der Waals surface area (Å²) >= 11 is 2.28. The van der Waals surface area contributed by atoms with E-state index in [-0.39, 0.29) is 12.3 Å². The van der Waals surface area contributed by atoms with Crippen molar-refractivity contribution in [1.29, 1.82) is 0 Å². The molecule has 1 atom stereocenters. The van der Waals surface area contributed by atoms with Crippen molar-refractivity contribution >= 4 is 28.3 Å². The second-order valence-corrected chi connectivity index (χ2v) is 4.53. The maximum absolute atomic E-state index is 5.17. The van der Waals surface area contributed by atoms with Gasteiger partial charge in [0.1, 0.15) is 0 Å². The monoisotopic (exact) mass is 321 g/mol. The number of hydrogen-bond donors (Lipinski definition) is 1. The van der Waals surface area contributed by atoms with E-state index in [9.17, 15) is 0 Å². The molecule has 1 rings (SSSR count). The minimum absolute atomic E-state index is 0.111. The maximum Gasteiger partial charge on any atom is 0.176 e. The van der Waals surface area contributed by atoms with E-state index in [0.717, 1.165) is 5.69 Å². The van der Waals surface area contributed by atoms with Crippen LogP contribution in [0.15, 0.2) is 24.3 Å². The Morgan fingerprint density at radius 1 is 1.13 bits per heavy atom. The SMILES string of the molecule is COC(OC)C(C)Nc1ccc(I)cc1. The molecule has 0 fully saturated rings. The van der Waals surface area contributed by atoms with Gasteiger partial charge in [-0.3, -0.25) is 0 Å². The van der Waals surface area contributed by atoms with Crippen LogP contribution in [0.2, 0.25) is 0 Å². The fourth-order valence-corrected chi connectivity index (χ4v) is 1.74. The van der Waals surface area contributed by atoms with Gasteiger partial charge in [-0.25, -0.2) is 0 Å². The topological polar surface area (TPSA) is 30.5 Å². The number of halogens is 1. The summed E-state index contributed by atoms with van der Waals surface area (Å²) < 4.78 is 11.6. The second kappa shape index (κ2) is 6.30. The van der Waals surface area contributed by atoms with Gasteiger partial charge in [0.05, 0.1) is 6.04 Å². The molecule has 0 amide bonds. The highest BCUT2D eigenvalue weighted by atomic mass is 127. The summed E-state index contributed by atoms with van der Waals surface area (Å²) in [5.74, 6) is 0. The van der Waals surface area contributed by atoms with Crippen LogP contribution in [0.1, 0.15) is 6.92 Å². The van der Waals surface area contributed by atoms with Gasteiger partial charge in [-0.2, -0.15) is 0 Å². The zero-order chi connectivity index (χ0) is 11.3. The Hall–Kier alpha value is -0.330. The lowest BCUT2D eigenvalue weighted by Gasteiger charge is -2.23. The number of ether oxygens (including phenoxy) is 2. The summed E-state index contributed by atoms with van der Waals surface area (Å²) in [6, 6.07) is 8.32. The Labute approximate surface area is 104 Å². The van der Waals surface area contributed by atoms with Gasteiger partial charge in [-0.05, 0) is 53.8 Å². The molecule has 84 valence electrons. The van der Waals surface area contributed by atoms with E-state index < -0.39 is 0 Å². The average molecular weight is 321 g/mol. The third-order valence-corrected chi connectivity index (χ3v) is 2.83. The van der Waals surface area contributed by atoms with Crippen LogP contribution in [0, 0.1) is 3.57 Å². The first kappa shape index (κ1) is 12.7. The molecule has 1 N–H and O–H groups in total. The molecule has 0 saturated carbocycles. The molecule has 0 aromatic heterocycles. The smallest absolute Gasteiger partial charge is 0.176 e. The molecule has 1 aromatic carbocycles. The van der Waals surface area contributed by atoms with Crippen LogP contribution in [0.4, 0.5) is 5.69 Å². The number of hydrogen-bond acceptors (Lipinski definition) is 3. The highest BCUT2D eigenvalue weighted by Crippen LogP contribution is 2.13. The van der Waals surface area contributed by atoms with Gasteiger partial charge < -0.3 is 14.8 Å². The maximum atomic E-state index is 5.17. The van der Waals surface area contributed by atoms with Crippen LogP contribution in [0.25, 0.3) is 0 Å². The van der Waals surface area contributed by atoms with E-state index in [1.54, 1.807) is 14.2 Å². The molecule has 0 aliphatic carbocycles. The number of rotatable bonds is 5. The number of methoxy groups -OCH3 is 2. The summed E-state index contributed by atoms with van der Waals surface area (Å²) in [5.41, 5.74) is 1.07. The average Bonchev–Trinajstić information content (AvgIpc) is 2.23. The Balaban J connectivity index is 2.57. The highest BCUT2D eigenvalue weighted by molar-refractivity contribution is 14.1. The van der Waals surface area contributed by atoms with E-state index >= 15 is 0 Å². The van der Waals surface area contributed by atoms with Gasteiger partial charge in [0, 0.05) is 23.5 Å². The summed E-state index contributed by atoms with van der Waals surface area (Å²) in [5, 5.41) is 3.32. The van der Waals surface area contributed by atoms with Crippen molar-refractivity contribution in [1.82, 2.24) is 0 Å². The van der Waals surface area contributed by atoms with Crippen LogP contribution in [0.5, 0.6) is 0 Å². The lowest BCUT2D eigenvalue weighted by atomic mass is 10.2. The third-order valence-electron chi connectivity index (χ3n) is 2.11. The Morgan fingerprint density at radius 3 is 2.13 bits per heavy atom. The molecule has 1 aromatic rings. The molecule has 0 saturated heterocycles. The van der Waals surface area contributed by atoms with E-state index in [1.165, 1.54) is 3.57 Å². The van der Waals surface area contributed by atoms with Crippen molar-refractivity contribution in [2.24, 2.45) is 0 Å². The number of nitrogens with one attached hydrogen (secondary N) is 1. The van der Waals surface area contributed by atoms with Crippen molar-refractivity contribution in [3.05, 3.63) is 27.8 Å². The Bertz CT molecular complexity index is 285. The zero-order valence-electron chi connectivity index (χ0n) is 9.16. The lowest BCUT2D eigenvalue weighted by Crippen LogP contribution is -2.33. The molecule has 0 bridgehead atoms. The Kier molecular flexibility index (Phi) is 5.35. The first-order valence-corrected chi connectivity index (χ1v) is 5.83. The summed E-state index contributed by atoms with van der Waals surface area (Å²) in [4.78, 5) is 0. The summed E-state index contributed by atoms with van der Waals surface area (Å²) in [6.07, 6.45) is -0.232. The van der Waals surface area contributed by atoms with Gasteiger partial charge in [-0.1, -0.05) is 0 Å². The van der Waals surface area contributed by atoms with Crippen molar-refractivity contribution in [3.8, 4) is 0 Å². The van der Waals surface area contributed by atoms with E-state index in [2.05, 4.69) is 40.0 Å². The fourth-order valence-electron chi connectivity index (χ4n) is 1.38. The van der Waals surface area contributed by atoms with Crippen LogP contribution in [-0.2, 0) is 9.47 Å². The quantitative estimate of drug-likeness (QED) is 0.668. The molecule has 1 unspecified atom stereocenters. The van der Waals surface area contributed by atoms with Crippen molar-refractivity contribution in [2.75, 3.05) is 19.5 Å². The number of anilines is 1. The van der Waals surface area contributed by atoms with E-state index in [4.69, 9.17) is 9.47 Å². The fraction of sp³-hybridized carbons (Fsp3) is 0.455. The largest absolute Gasteiger partial charge is 0.377 e. The van der Waals surface area contributed by atoms with Gasteiger partial charge in [0.25, 0.3) is 0 Å². The summed E-state index contributed by atoms with van der Waals surface area (Å²) in [7, 11) is 3.28. The van der Waals surface area contributed by atoms with Crippen molar-refractivity contribution < 1.29 is 9.47 Å². The second-order valence-electron chi connectivity index (χ2n) is 3.28. The van der Waals surface area contributed by atoms with Crippen LogP contribution < -0.4 is 5.32 Å². The predicted molar refractivity (Wildman–Crippen MR) is 70.0 cm³/mol. The molecular formula is C11H16INO2. The normalized spacial score (nSPS) is 12.9. The molecule has 0 heterocycles. The molecule has 3 nitrogen and oxygen atoms in total. The molecule has 0 radical (unpaired) electrons. The first-order chi connectivity index (χ1) is 7.17. The van der Waals surface area contributed by atoms with Crippen molar-refractivity contribution in [3.63, 3.8) is 0 Å². The van der Waals surface area contributed by atoms with Gasteiger partial charge >= 0.3 is 0 Å². The first-order valence-electron chi connectivity index (χ1n) is 4.75. The molecule has 0 spiro atoms. The molecule has 0 aliphatic heterocycles. The van der Waals surface area contributed by atoms with E-state index in [1.807, 2.05) is 19.1 Å². The molecule has 4 heteroatoms. The zero-order valence-corrected chi connectivity index (χ0v) is 11.3. The van der Waals surface area contributed by atoms with Gasteiger partial charge in [0.15, 0.2) is 6.29 Å². The molecular weight excluding hydrogens is 305 g/mol. The molecule has 0 aliphatic rings. The predicted octanol–water partition coefficient (Wildman–Crippen LogP) is 2.71. The van der Waals surface area contributed by atoms with Crippen LogP contribution in [-0.4, -0.2) is 26.6 Å². The third kappa shape index (κ3) is 3.96. The van der Waals surface area contributed by atoms with E-state index in [0.29, 0.717) is 0 Å². The van der Waals surface area contributed by atoms with Gasteiger partial charge in [0.2, 0.25) is 0 Å². The Morgan fingerprint density at radius 2 is 1.67 bits per heavy atom. The molecule has 15 heavy (non-hydrogen) atoms. The minimum Gasteiger partial charge on any atom is -0.377 e. The van der Waals surface area contributed by atoms with Crippen molar-refractivity contribution in [2.45, 2.75) is 19.3 Å². The lowest BCUT2D eigenvalue weighted by molar-refractivity contribution is -0.109. The van der Waals surface area contributed by atoms with Crippen LogP contribution >= 0.6 is 22.6 Å². The summed E-state index contributed by atoms with van der Waals surface area (Å²) in [6.45, 7) is 2.02.